The van der Waals surface area contributed by atoms with Gasteiger partial charge in [0.2, 0.25) is 5.91 Å². The Kier molecular flexibility index (Phi) is 5.36. The Labute approximate surface area is 129 Å². The van der Waals surface area contributed by atoms with Crippen molar-refractivity contribution in [3.8, 4) is 0 Å². The van der Waals surface area contributed by atoms with E-state index in [1.165, 1.54) is 0 Å². The second-order valence-corrected chi connectivity index (χ2v) is 6.50. The number of likely N-dealkylation sites (N-methyl/N-ethyl adjacent to an activating group) is 1. The predicted molar refractivity (Wildman–Crippen MR) is 82.6 cm³/mol. The number of rotatable bonds is 7. The van der Waals surface area contributed by atoms with Gasteiger partial charge in [-0.2, -0.15) is 0 Å². The molecule has 6 heteroatoms. The van der Waals surface area contributed by atoms with Gasteiger partial charge in [0.25, 0.3) is 0 Å². The van der Waals surface area contributed by atoms with Gasteiger partial charge in [0, 0.05) is 17.0 Å². The molecule has 116 valence electrons. The largest absolute Gasteiger partial charge is 0.480 e. The minimum atomic E-state index is -0.796. The van der Waals surface area contributed by atoms with E-state index >= 15 is 0 Å². The van der Waals surface area contributed by atoms with Crippen LogP contribution >= 0.6 is 11.3 Å². The number of carboxylic acid groups (broad SMARTS) is 1. The molecule has 1 aromatic rings. The smallest absolute Gasteiger partial charge is 0.317 e. The Hall–Kier alpha value is -1.40. The highest BCUT2D eigenvalue weighted by molar-refractivity contribution is 7.10. The first-order chi connectivity index (χ1) is 10.0. The maximum atomic E-state index is 12.2. The number of thiophene rings is 1. The molecule has 1 aromatic heterocycles. The quantitative estimate of drug-likeness (QED) is 0.807. The molecule has 2 rings (SSSR count). The van der Waals surface area contributed by atoms with Crippen molar-refractivity contribution in [2.24, 2.45) is 0 Å². The van der Waals surface area contributed by atoms with Crippen molar-refractivity contribution in [3.63, 3.8) is 0 Å². The van der Waals surface area contributed by atoms with Crippen molar-refractivity contribution in [1.82, 2.24) is 10.2 Å². The maximum Gasteiger partial charge on any atom is 0.317 e. The van der Waals surface area contributed by atoms with E-state index in [0.29, 0.717) is 0 Å². The Morgan fingerprint density at radius 2 is 2.24 bits per heavy atom. The third-order valence-corrected chi connectivity index (χ3v) is 5.14. The molecule has 0 saturated heterocycles. The van der Waals surface area contributed by atoms with Gasteiger partial charge in [-0.25, -0.2) is 0 Å². The molecular weight excluding hydrogens is 288 g/mol. The van der Waals surface area contributed by atoms with Crippen LogP contribution in [-0.2, 0) is 9.59 Å². The third-order valence-electron chi connectivity index (χ3n) is 4.08. The molecule has 0 bridgehead atoms. The zero-order chi connectivity index (χ0) is 15.4. The lowest BCUT2D eigenvalue weighted by Crippen LogP contribution is -2.55. The number of amides is 1. The van der Waals surface area contributed by atoms with Crippen LogP contribution in [0.15, 0.2) is 17.5 Å². The summed E-state index contributed by atoms with van der Waals surface area (Å²) in [5, 5.41) is 13.9. The highest BCUT2D eigenvalue weighted by Crippen LogP contribution is 2.27. The van der Waals surface area contributed by atoms with Crippen LogP contribution in [0.2, 0.25) is 0 Å². The fourth-order valence-corrected chi connectivity index (χ4v) is 3.45. The summed E-state index contributed by atoms with van der Waals surface area (Å²) in [5.41, 5.74) is 0. The van der Waals surface area contributed by atoms with Crippen LogP contribution in [0.25, 0.3) is 0 Å². The fourth-order valence-electron chi connectivity index (χ4n) is 2.67. The van der Waals surface area contributed by atoms with E-state index in [0.717, 1.165) is 24.3 Å². The number of carbonyl (C=O) groups is 2. The molecule has 1 atom stereocenters. The Morgan fingerprint density at radius 3 is 2.76 bits per heavy atom. The van der Waals surface area contributed by atoms with E-state index in [4.69, 9.17) is 5.11 Å². The van der Waals surface area contributed by atoms with Gasteiger partial charge in [0.05, 0.1) is 12.5 Å². The number of carboxylic acids is 1. The fraction of sp³-hybridized carbons (Fsp3) is 0.600. The van der Waals surface area contributed by atoms with Gasteiger partial charge in [0.15, 0.2) is 0 Å². The van der Waals surface area contributed by atoms with Crippen molar-refractivity contribution in [1.29, 1.82) is 0 Å². The summed E-state index contributed by atoms with van der Waals surface area (Å²) < 4.78 is 0. The molecule has 5 nitrogen and oxygen atoms in total. The van der Waals surface area contributed by atoms with Crippen LogP contribution in [0, 0.1) is 0 Å². The van der Waals surface area contributed by atoms with E-state index in [-0.39, 0.29) is 30.5 Å². The highest BCUT2D eigenvalue weighted by Gasteiger charge is 2.35. The van der Waals surface area contributed by atoms with Crippen molar-refractivity contribution in [2.75, 3.05) is 13.1 Å². The molecule has 0 aliphatic heterocycles. The van der Waals surface area contributed by atoms with Gasteiger partial charge in [0.1, 0.15) is 0 Å². The lowest BCUT2D eigenvalue weighted by molar-refractivity contribution is -0.139. The van der Waals surface area contributed by atoms with Crippen LogP contribution in [-0.4, -0.2) is 47.1 Å². The molecule has 1 fully saturated rings. The zero-order valence-electron chi connectivity index (χ0n) is 12.4. The van der Waals surface area contributed by atoms with Gasteiger partial charge in [-0.05, 0) is 37.8 Å². The SMILES string of the molecule is CCN(CC(=O)O)C1CC(NC(=O)C(C)c2cccs2)C1. The number of aliphatic carboxylic acids is 1. The van der Waals surface area contributed by atoms with E-state index < -0.39 is 5.97 Å². The first-order valence-electron chi connectivity index (χ1n) is 7.30. The maximum absolute atomic E-state index is 12.2. The first kappa shape index (κ1) is 16.0. The summed E-state index contributed by atoms with van der Waals surface area (Å²) in [6.07, 6.45) is 1.67. The summed E-state index contributed by atoms with van der Waals surface area (Å²) in [6, 6.07) is 4.37. The van der Waals surface area contributed by atoms with E-state index in [1.54, 1.807) is 11.3 Å². The van der Waals surface area contributed by atoms with E-state index in [1.807, 2.05) is 36.3 Å². The third kappa shape index (κ3) is 4.04. The standard InChI is InChI=1S/C15H22N2O3S/c1-3-17(9-14(18)19)12-7-11(8-12)16-15(20)10(2)13-5-4-6-21-13/h4-6,10-12H,3,7-9H2,1-2H3,(H,16,20)(H,18,19). The van der Waals surface area contributed by atoms with Gasteiger partial charge in [-0.15, -0.1) is 11.3 Å². The van der Waals surface area contributed by atoms with Crippen molar-refractivity contribution < 1.29 is 14.7 Å². The number of hydrogen-bond acceptors (Lipinski definition) is 4. The van der Waals surface area contributed by atoms with Crippen LogP contribution in [0.4, 0.5) is 0 Å². The number of hydrogen-bond donors (Lipinski definition) is 2. The Balaban J connectivity index is 1.77. The zero-order valence-corrected chi connectivity index (χ0v) is 13.2. The molecule has 1 saturated carbocycles. The number of nitrogens with zero attached hydrogens (tertiary/aromatic N) is 1. The lowest BCUT2D eigenvalue weighted by atomic mass is 9.85. The minimum absolute atomic E-state index is 0.0576. The lowest BCUT2D eigenvalue weighted by Gasteiger charge is -2.42. The highest BCUT2D eigenvalue weighted by atomic mass is 32.1. The average Bonchev–Trinajstić information content (AvgIpc) is 2.92. The Bertz CT molecular complexity index is 483. The minimum Gasteiger partial charge on any atom is -0.480 e. The van der Waals surface area contributed by atoms with Crippen molar-refractivity contribution in [2.45, 2.75) is 44.7 Å². The summed E-state index contributed by atoms with van der Waals surface area (Å²) in [6.45, 7) is 4.68. The van der Waals surface area contributed by atoms with Crippen LogP contribution in [0.5, 0.6) is 0 Å². The van der Waals surface area contributed by atoms with Crippen LogP contribution in [0.1, 0.15) is 37.5 Å². The second-order valence-electron chi connectivity index (χ2n) is 5.52. The van der Waals surface area contributed by atoms with Crippen LogP contribution in [0.3, 0.4) is 0 Å². The molecular formula is C15H22N2O3S. The molecule has 1 aliphatic rings. The van der Waals surface area contributed by atoms with Gasteiger partial charge < -0.3 is 10.4 Å². The second kappa shape index (κ2) is 7.04. The van der Waals surface area contributed by atoms with Gasteiger partial charge in [-0.3, -0.25) is 14.5 Å². The molecule has 2 N–H and O–H groups in total. The first-order valence-corrected chi connectivity index (χ1v) is 8.18. The van der Waals surface area contributed by atoms with Crippen LogP contribution < -0.4 is 5.32 Å². The van der Waals surface area contributed by atoms with Gasteiger partial charge >= 0.3 is 5.97 Å². The molecule has 1 aliphatic carbocycles. The summed E-state index contributed by atoms with van der Waals surface area (Å²) >= 11 is 1.59. The molecule has 1 unspecified atom stereocenters. The predicted octanol–water partition coefficient (Wildman–Crippen LogP) is 1.91. The molecule has 1 amide bonds. The number of carbonyl (C=O) groups excluding carboxylic acids is 1. The number of nitrogens with one attached hydrogen (secondary N) is 1. The topological polar surface area (TPSA) is 69.6 Å². The summed E-state index contributed by atoms with van der Waals surface area (Å²) in [4.78, 5) is 26.0. The van der Waals surface area contributed by atoms with Crippen molar-refractivity contribution in [3.05, 3.63) is 22.4 Å². The molecule has 0 aromatic carbocycles. The Morgan fingerprint density at radius 1 is 1.52 bits per heavy atom. The monoisotopic (exact) mass is 310 g/mol. The molecule has 0 radical (unpaired) electrons. The molecule has 0 spiro atoms. The normalized spacial score (nSPS) is 22.6. The van der Waals surface area contributed by atoms with Crippen molar-refractivity contribution >= 4 is 23.2 Å². The van der Waals surface area contributed by atoms with Gasteiger partial charge in [-0.1, -0.05) is 13.0 Å². The molecule has 1 heterocycles. The average molecular weight is 310 g/mol. The molecule has 21 heavy (non-hydrogen) atoms. The summed E-state index contributed by atoms with van der Waals surface area (Å²) in [5.74, 6) is -0.858. The summed E-state index contributed by atoms with van der Waals surface area (Å²) in [7, 11) is 0. The van der Waals surface area contributed by atoms with E-state index in [2.05, 4.69) is 5.32 Å². The van der Waals surface area contributed by atoms with E-state index in [9.17, 15) is 9.59 Å².